The van der Waals surface area contributed by atoms with Crippen LogP contribution >= 0.6 is 24.0 Å². The first-order valence-electron chi connectivity index (χ1n) is 10.3. The minimum atomic E-state index is -3.20. The topological polar surface area (TPSA) is 83.0 Å². The number of hydrogen-bond donors (Lipinski definition) is 2. The molecular formula is C19H41IN4O3S. The van der Waals surface area contributed by atoms with Crippen molar-refractivity contribution < 1.29 is 13.2 Å². The Morgan fingerprint density at radius 1 is 1.21 bits per heavy atom. The van der Waals surface area contributed by atoms with Crippen LogP contribution in [0.1, 0.15) is 53.4 Å². The number of rotatable bonds is 11. The van der Waals surface area contributed by atoms with Crippen LogP contribution in [0.2, 0.25) is 0 Å². The van der Waals surface area contributed by atoms with Gasteiger partial charge in [0.25, 0.3) is 0 Å². The Morgan fingerprint density at radius 2 is 1.82 bits per heavy atom. The van der Waals surface area contributed by atoms with Gasteiger partial charge in [-0.3, -0.25) is 4.99 Å². The van der Waals surface area contributed by atoms with Crippen molar-refractivity contribution in [3.8, 4) is 0 Å². The van der Waals surface area contributed by atoms with E-state index in [9.17, 15) is 8.42 Å². The van der Waals surface area contributed by atoms with Crippen molar-refractivity contribution in [1.82, 2.24) is 15.5 Å². The third-order valence-electron chi connectivity index (χ3n) is 5.45. The average molecular weight is 533 g/mol. The first-order chi connectivity index (χ1) is 12.8. The molecule has 2 N–H and O–H groups in total. The Balaban J connectivity index is 0.00000729. The Bertz CT molecular complexity index is 547. The van der Waals surface area contributed by atoms with Crippen molar-refractivity contribution >= 4 is 39.8 Å². The lowest BCUT2D eigenvalue weighted by atomic mass is 9.99. The Labute approximate surface area is 189 Å². The minimum Gasteiger partial charge on any atom is -0.381 e. The van der Waals surface area contributed by atoms with Crippen molar-refractivity contribution in [3.05, 3.63) is 0 Å². The second kappa shape index (κ2) is 14.0. The number of sulfone groups is 1. The molecule has 1 atom stereocenters. The van der Waals surface area contributed by atoms with Gasteiger partial charge in [-0.1, -0.05) is 13.8 Å². The van der Waals surface area contributed by atoms with Gasteiger partial charge in [-0.25, -0.2) is 8.42 Å². The predicted molar refractivity (Wildman–Crippen MR) is 129 cm³/mol. The second-order valence-corrected chi connectivity index (χ2v) is 9.89. The standard InChI is InChI=1S/C19H40N4O3S.HI/c1-6-20-18(22-17(4)10-9-13-23(7-2)8-3)21-16-19(27(5,24)25)11-14-26-15-12-19;/h17H,6-16H2,1-5H3,(H2,20,21,22);1H. The minimum absolute atomic E-state index is 0. The molecular weight excluding hydrogens is 491 g/mol. The number of nitrogens with zero attached hydrogens (tertiary/aromatic N) is 2. The van der Waals surface area contributed by atoms with E-state index in [-0.39, 0.29) is 36.6 Å². The van der Waals surface area contributed by atoms with Gasteiger partial charge in [0.05, 0.1) is 11.3 Å². The van der Waals surface area contributed by atoms with Crippen molar-refractivity contribution in [1.29, 1.82) is 0 Å². The zero-order valence-electron chi connectivity index (χ0n) is 18.3. The van der Waals surface area contributed by atoms with E-state index in [0.29, 0.717) is 32.0 Å². The Morgan fingerprint density at radius 3 is 2.32 bits per heavy atom. The highest BCUT2D eigenvalue weighted by atomic mass is 127. The summed E-state index contributed by atoms with van der Waals surface area (Å²) in [5, 5.41) is 6.68. The number of halogens is 1. The summed E-state index contributed by atoms with van der Waals surface area (Å²) in [7, 11) is -3.20. The molecule has 28 heavy (non-hydrogen) atoms. The van der Waals surface area contributed by atoms with Crippen LogP contribution in [0.4, 0.5) is 0 Å². The van der Waals surface area contributed by atoms with Crippen molar-refractivity contribution in [2.75, 3.05) is 52.2 Å². The van der Waals surface area contributed by atoms with Gasteiger partial charge in [-0.05, 0) is 59.2 Å². The maximum Gasteiger partial charge on any atom is 0.191 e. The molecule has 1 saturated heterocycles. The summed E-state index contributed by atoms with van der Waals surface area (Å²) in [6.45, 7) is 13.8. The molecule has 0 amide bonds. The number of guanidine groups is 1. The molecule has 1 heterocycles. The van der Waals surface area contributed by atoms with Crippen molar-refractivity contribution in [3.63, 3.8) is 0 Å². The van der Waals surface area contributed by atoms with Crippen LogP contribution in [0.3, 0.4) is 0 Å². The summed E-state index contributed by atoms with van der Waals surface area (Å²) in [5.41, 5.74) is 0. The molecule has 0 aromatic carbocycles. The smallest absolute Gasteiger partial charge is 0.191 e. The summed E-state index contributed by atoms with van der Waals surface area (Å²) in [6.07, 6.45) is 4.51. The van der Waals surface area contributed by atoms with Crippen molar-refractivity contribution in [2.45, 2.75) is 64.2 Å². The van der Waals surface area contributed by atoms with Gasteiger partial charge in [0, 0.05) is 32.1 Å². The fraction of sp³-hybridized carbons (Fsp3) is 0.947. The SMILES string of the molecule is CCNC(=NCC1(S(C)(=O)=O)CCOCC1)NC(C)CCCN(CC)CC.I. The van der Waals surface area contributed by atoms with E-state index in [1.165, 1.54) is 6.26 Å². The summed E-state index contributed by atoms with van der Waals surface area (Å²) in [5.74, 6) is 0.697. The van der Waals surface area contributed by atoms with Crippen molar-refractivity contribution in [2.24, 2.45) is 4.99 Å². The van der Waals surface area contributed by atoms with Gasteiger partial charge in [-0.15, -0.1) is 24.0 Å². The molecule has 0 spiro atoms. The highest BCUT2D eigenvalue weighted by Gasteiger charge is 2.42. The van der Waals surface area contributed by atoms with E-state index in [0.717, 1.165) is 39.0 Å². The molecule has 0 aromatic heterocycles. The summed E-state index contributed by atoms with van der Waals surface area (Å²) >= 11 is 0. The van der Waals surface area contributed by atoms with Gasteiger partial charge < -0.3 is 20.3 Å². The molecule has 1 unspecified atom stereocenters. The Kier molecular flexibility index (Phi) is 13.9. The van der Waals surface area contributed by atoms with E-state index < -0.39 is 14.6 Å². The molecule has 0 aromatic rings. The summed E-state index contributed by atoms with van der Waals surface area (Å²) in [4.78, 5) is 7.06. The molecule has 168 valence electrons. The van der Waals surface area contributed by atoms with Crippen LogP contribution in [-0.2, 0) is 14.6 Å². The molecule has 1 rings (SSSR count). The van der Waals surface area contributed by atoms with Crippen LogP contribution in [0.15, 0.2) is 4.99 Å². The number of aliphatic imine (C=N–C) groups is 1. The van der Waals surface area contributed by atoms with Gasteiger partial charge in [0.1, 0.15) is 0 Å². The number of hydrogen-bond acceptors (Lipinski definition) is 5. The molecule has 9 heteroatoms. The van der Waals surface area contributed by atoms with Gasteiger partial charge >= 0.3 is 0 Å². The van der Waals surface area contributed by atoms with E-state index in [4.69, 9.17) is 4.74 Å². The van der Waals surface area contributed by atoms with Gasteiger partial charge in [0.2, 0.25) is 0 Å². The number of ether oxygens (including phenoxy) is 1. The first kappa shape index (κ1) is 27.9. The molecule has 1 aliphatic heterocycles. The highest BCUT2D eigenvalue weighted by Crippen LogP contribution is 2.29. The Hall–Kier alpha value is -0.130. The summed E-state index contributed by atoms with van der Waals surface area (Å²) < 4.78 is 29.4. The van der Waals surface area contributed by atoms with Crippen LogP contribution in [0.25, 0.3) is 0 Å². The van der Waals surface area contributed by atoms with Gasteiger partial charge in [0.15, 0.2) is 15.8 Å². The molecule has 0 aliphatic carbocycles. The zero-order valence-corrected chi connectivity index (χ0v) is 21.4. The van der Waals surface area contributed by atoms with E-state index in [2.05, 4.69) is 41.3 Å². The maximum absolute atomic E-state index is 12.4. The van der Waals surface area contributed by atoms with Crippen LogP contribution < -0.4 is 10.6 Å². The predicted octanol–water partition coefficient (Wildman–Crippen LogP) is 2.26. The molecule has 7 nitrogen and oxygen atoms in total. The fourth-order valence-corrected chi connectivity index (χ4v) is 4.61. The second-order valence-electron chi connectivity index (χ2n) is 7.48. The molecule has 1 aliphatic rings. The molecule has 0 radical (unpaired) electrons. The van der Waals surface area contributed by atoms with Crippen LogP contribution in [-0.4, -0.2) is 82.3 Å². The number of nitrogens with one attached hydrogen (secondary N) is 2. The summed E-state index contributed by atoms with van der Waals surface area (Å²) in [6, 6.07) is 0.280. The van der Waals surface area contributed by atoms with E-state index in [1.807, 2.05) is 6.92 Å². The normalized spacial score (nSPS) is 18.4. The first-order valence-corrected chi connectivity index (χ1v) is 12.2. The molecule has 0 bridgehead atoms. The van der Waals surface area contributed by atoms with E-state index in [1.54, 1.807) is 0 Å². The quantitative estimate of drug-likeness (QED) is 0.242. The maximum atomic E-state index is 12.4. The van der Waals surface area contributed by atoms with Crippen LogP contribution in [0.5, 0.6) is 0 Å². The fourth-order valence-electron chi connectivity index (χ4n) is 3.40. The lowest BCUT2D eigenvalue weighted by Crippen LogP contribution is -2.48. The lowest BCUT2D eigenvalue weighted by molar-refractivity contribution is 0.0768. The van der Waals surface area contributed by atoms with Crippen LogP contribution in [0, 0.1) is 0 Å². The monoisotopic (exact) mass is 532 g/mol. The molecule has 0 saturated carbocycles. The average Bonchev–Trinajstić information content (AvgIpc) is 2.63. The highest BCUT2D eigenvalue weighted by molar-refractivity contribution is 14.0. The zero-order chi connectivity index (χ0) is 20.3. The third kappa shape index (κ3) is 9.13. The van der Waals surface area contributed by atoms with Gasteiger partial charge in [-0.2, -0.15) is 0 Å². The lowest BCUT2D eigenvalue weighted by Gasteiger charge is -2.34. The van der Waals surface area contributed by atoms with E-state index >= 15 is 0 Å². The third-order valence-corrected chi connectivity index (χ3v) is 7.56. The molecule has 1 fully saturated rings. The largest absolute Gasteiger partial charge is 0.381 e.